The maximum atomic E-state index is 12.6. The van der Waals surface area contributed by atoms with Crippen molar-refractivity contribution in [3.8, 4) is 5.75 Å². The SMILES string of the molecule is CCOc1cc(N)cc(C(=O)N2CC(C)OC(C)C2)c1. The van der Waals surface area contributed by atoms with Crippen LogP contribution in [0.1, 0.15) is 31.1 Å². The van der Waals surface area contributed by atoms with Crippen LogP contribution in [0.4, 0.5) is 5.69 Å². The first kappa shape index (κ1) is 14.7. The molecule has 1 amide bonds. The number of amides is 1. The first-order chi connectivity index (χ1) is 9.49. The molecule has 1 aromatic rings. The first-order valence-electron chi connectivity index (χ1n) is 6.97. The Morgan fingerprint density at radius 3 is 2.60 bits per heavy atom. The number of anilines is 1. The third-order valence-electron chi connectivity index (χ3n) is 3.19. The predicted molar refractivity (Wildman–Crippen MR) is 77.9 cm³/mol. The Morgan fingerprint density at radius 2 is 2.00 bits per heavy atom. The minimum absolute atomic E-state index is 0.0275. The van der Waals surface area contributed by atoms with Gasteiger partial charge in [-0.3, -0.25) is 4.79 Å². The van der Waals surface area contributed by atoms with Crippen molar-refractivity contribution >= 4 is 11.6 Å². The third-order valence-corrected chi connectivity index (χ3v) is 3.19. The summed E-state index contributed by atoms with van der Waals surface area (Å²) in [5.41, 5.74) is 6.94. The van der Waals surface area contributed by atoms with Crippen LogP contribution < -0.4 is 10.5 Å². The number of rotatable bonds is 3. The number of carbonyl (C=O) groups is 1. The number of ether oxygens (including phenoxy) is 2. The topological polar surface area (TPSA) is 64.8 Å². The summed E-state index contributed by atoms with van der Waals surface area (Å²) in [6.07, 6.45) is 0.102. The van der Waals surface area contributed by atoms with E-state index in [0.717, 1.165) is 0 Å². The summed E-state index contributed by atoms with van der Waals surface area (Å²) in [6, 6.07) is 5.16. The predicted octanol–water partition coefficient (Wildman–Crippen LogP) is 1.92. The molecule has 0 radical (unpaired) electrons. The molecule has 0 aromatic heterocycles. The molecule has 2 atom stereocenters. The zero-order valence-corrected chi connectivity index (χ0v) is 12.3. The van der Waals surface area contributed by atoms with Crippen LogP contribution in [-0.4, -0.2) is 42.7 Å². The third kappa shape index (κ3) is 3.42. The average Bonchev–Trinajstić information content (AvgIpc) is 2.36. The number of hydrogen-bond donors (Lipinski definition) is 1. The van der Waals surface area contributed by atoms with Crippen molar-refractivity contribution in [3.63, 3.8) is 0 Å². The van der Waals surface area contributed by atoms with E-state index in [1.807, 2.05) is 25.7 Å². The van der Waals surface area contributed by atoms with E-state index in [1.54, 1.807) is 18.2 Å². The Hall–Kier alpha value is -1.75. The monoisotopic (exact) mass is 278 g/mol. The van der Waals surface area contributed by atoms with E-state index in [-0.39, 0.29) is 18.1 Å². The molecule has 1 fully saturated rings. The van der Waals surface area contributed by atoms with Gasteiger partial charge in [-0.05, 0) is 32.9 Å². The van der Waals surface area contributed by atoms with Crippen LogP contribution in [0.25, 0.3) is 0 Å². The van der Waals surface area contributed by atoms with Crippen LogP contribution in [0.5, 0.6) is 5.75 Å². The highest BCUT2D eigenvalue weighted by molar-refractivity contribution is 5.95. The lowest BCUT2D eigenvalue weighted by atomic mass is 10.1. The fourth-order valence-electron chi connectivity index (χ4n) is 2.52. The fraction of sp³-hybridized carbons (Fsp3) is 0.533. The lowest BCUT2D eigenvalue weighted by molar-refractivity contribution is -0.0586. The van der Waals surface area contributed by atoms with Gasteiger partial charge in [-0.25, -0.2) is 0 Å². The number of morpholine rings is 1. The van der Waals surface area contributed by atoms with Crippen molar-refractivity contribution in [3.05, 3.63) is 23.8 Å². The number of hydrogen-bond acceptors (Lipinski definition) is 4. The van der Waals surface area contributed by atoms with Crippen LogP contribution in [0.3, 0.4) is 0 Å². The van der Waals surface area contributed by atoms with Gasteiger partial charge in [-0.15, -0.1) is 0 Å². The summed E-state index contributed by atoms with van der Waals surface area (Å²) in [6.45, 7) is 7.59. The van der Waals surface area contributed by atoms with Gasteiger partial charge >= 0.3 is 0 Å². The van der Waals surface area contributed by atoms with Crippen LogP contribution in [0, 0.1) is 0 Å². The van der Waals surface area contributed by atoms with Crippen LogP contribution in [-0.2, 0) is 4.74 Å². The van der Waals surface area contributed by atoms with Gasteiger partial charge in [-0.2, -0.15) is 0 Å². The standard InChI is InChI=1S/C15H22N2O3/c1-4-19-14-6-12(5-13(16)7-14)15(18)17-8-10(2)20-11(3)9-17/h5-7,10-11H,4,8-9,16H2,1-3H3. The molecule has 1 aliphatic rings. The molecule has 5 nitrogen and oxygen atoms in total. The second kappa shape index (κ2) is 6.13. The Morgan fingerprint density at radius 1 is 1.35 bits per heavy atom. The lowest BCUT2D eigenvalue weighted by Crippen LogP contribution is -2.48. The van der Waals surface area contributed by atoms with Gasteiger partial charge in [0.1, 0.15) is 5.75 Å². The van der Waals surface area contributed by atoms with E-state index < -0.39 is 0 Å². The van der Waals surface area contributed by atoms with Gasteiger partial charge in [0.25, 0.3) is 5.91 Å². The average molecular weight is 278 g/mol. The highest BCUT2D eigenvalue weighted by Gasteiger charge is 2.26. The quantitative estimate of drug-likeness (QED) is 0.858. The normalized spacial score (nSPS) is 22.6. The minimum Gasteiger partial charge on any atom is -0.494 e. The molecule has 0 bridgehead atoms. The van der Waals surface area contributed by atoms with E-state index in [4.69, 9.17) is 15.2 Å². The van der Waals surface area contributed by atoms with Gasteiger partial charge in [0, 0.05) is 30.4 Å². The van der Waals surface area contributed by atoms with Crippen molar-refractivity contribution in [1.29, 1.82) is 0 Å². The summed E-state index contributed by atoms with van der Waals surface area (Å²) in [5, 5.41) is 0. The molecule has 0 spiro atoms. The second-order valence-corrected chi connectivity index (χ2v) is 5.19. The van der Waals surface area contributed by atoms with Crippen LogP contribution in [0.2, 0.25) is 0 Å². The van der Waals surface area contributed by atoms with Gasteiger partial charge < -0.3 is 20.1 Å². The van der Waals surface area contributed by atoms with Gasteiger partial charge in [-0.1, -0.05) is 0 Å². The Bertz CT molecular complexity index is 480. The highest BCUT2D eigenvalue weighted by atomic mass is 16.5. The summed E-state index contributed by atoms with van der Waals surface area (Å²) in [4.78, 5) is 14.4. The van der Waals surface area contributed by atoms with E-state index in [1.165, 1.54) is 0 Å². The van der Waals surface area contributed by atoms with E-state index in [0.29, 0.717) is 36.7 Å². The fourth-order valence-corrected chi connectivity index (χ4v) is 2.52. The highest BCUT2D eigenvalue weighted by Crippen LogP contribution is 2.21. The molecule has 2 unspecified atom stereocenters. The Balaban J connectivity index is 2.19. The maximum absolute atomic E-state index is 12.6. The Kier molecular flexibility index (Phi) is 4.49. The zero-order valence-electron chi connectivity index (χ0n) is 12.3. The molecule has 0 saturated carbocycles. The Labute approximate surface area is 119 Å². The number of nitrogen functional groups attached to an aromatic ring is 1. The van der Waals surface area contributed by atoms with Gasteiger partial charge in [0.05, 0.1) is 18.8 Å². The number of nitrogens with zero attached hydrogens (tertiary/aromatic N) is 1. The summed E-state index contributed by atoms with van der Waals surface area (Å²) >= 11 is 0. The second-order valence-electron chi connectivity index (χ2n) is 5.19. The number of benzene rings is 1. The van der Waals surface area contributed by atoms with Gasteiger partial charge in [0.15, 0.2) is 0 Å². The van der Waals surface area contributed by atoms with Crippen LogP contribution >= 0.6 is 0 Å². The summed E-state index contributed by atoms with van der Waals surface area (Å²) in [7, 11) is 0. The molecule has 1 aliphatic heterocycles. The molecule has 0 aliphatic carbocycles. The van der Waals surface area contributed by atoms with Crippen molar-refractivity contribution < 1.29 is 14.3 Å². The molecule has 5 heteroatoms. The number of nitrogens with two attached hydrogens (primary N) is 1. The summed E-state index contributed by atoms with van der Waals surface area (Å²) in [5.74, 6) is 0.602. The van der Waals surface area contributed by atoms with Crippen molar-refractivity contribution in [2.75, 3.05) is 25.4 Å². The van der Waals surface area contributed by atoms with Gasteiger partial charge in [0.2, 0.25) is 0 Å². The molecular formula is C15H22N2O3. The molecule has 2 N–H and O–H groups in total. The van der Waals surface area contributed by atoms with E-state index in [9.17, 15) is 4.79 Å². The molecule has 1 saturated heterocycles. The van der Waals surface area contributed by atoms with E-state index in [2.05, 4.69) is 0 Å². The molecule has 110 valence electrons. The first-order valence-corrected chi connectivity index (χ1v) is 6.97. The lowest BCUT2D eigenvalue weighted by Gasteiger charge is -2.35. The summed E-state index contributed by atoms with van der Waals surface area (Å²) < 4.78 is 11.1. The molecule has 1 aromatic carbocycles. The molecule has 2 rings (SSSR count). The number of carbonyl (C=O) groups excluding carboxylic acids is 1. The smallest absolute Gasteiger partial charge is 0.254 e. The largest absolute Gasteiger partial charge is 0.494 e. The van der Waals surface area contributed by atoms with Crippen LogP contribution in [0.15, 0.2) is 18.2 Å². The van der Waals surface area contributed by atoms with Crippen molar-refractivity contribution in [1.82, 2.24) is 4.90 Å². The minimum atomic E-state index is -0.0275. The zero-order chi connectivity index (χ0) is 14.7. The maximum Gasteiger partial charge on any atom is 0.254 e. The van der Waals surface area contributed by atoms with Crippen molar-refractivity contribution in [2.45, 2.75) is 33.0 Å². The van der Waals surface area contributed by atoms with E-state index >= 15 is 0 Å². The molecule has 20 heavy (non-hydrogen) atoms. The van der Waals surface area contributed by atoms with Crippen molar-refractivity contribution in [2.24, 2.45) is 0 Å². The molecule has 1 heterocycles. The molecular weight excluding hydrogens is 256 g/mol.